The topological polar surface area (TPSA) is 32.8 Å². The molecule has 4 heterocycles. The van der Waals surface area contributed by atoms with Crippen molar-refractivity contribution in [1.29, 1.82) is 0 Å². The normalized spacial score (nSPS) is 29.9. The van der Waals surface area contributed by atoms with Crippen molar-refractivity contribution in [2.24, 2.45) is 5.92 Å². The van der Waals surface area contributed by atoms with E-state index in [9.17, 15) is 4.79 Å². The molecule has 4 rings (SSSR count). The fourth-order valence-corrected chi connectivity index (χ4v) is 5.21. The first-order valence-corrected chi connectivity index (χ1v) is 9.83. The van der Waals surface area contributed by atoms with Crippen molar-refractivity contribution in [3.05, 3.63) is 22.4 Å². The summed E-state index contributed by atoms with van der Waals surface area (Å²) in [5, 5.41) is 2.16. The number of carbonyl (C=O) groups excluding carboxylic acids is 1. The molecule has 0 bridgehead atoms. The first-order chi connectivity index (χ1) is 11.3. The molecule has 1 aromatic heterocycles. The third-order valence-electron chi connectivity index (χ3n) is 5.73. The van der Waals surface area contributed by atoms with E-state index in [1.165, 1.54) is 4.88 Å². The summed E-state index contributed by atoms with van der Waals surface area (Å²) in [6.45, 7) is 4.87. The van der Waals surface area contributed by atoms with Crippen LogP contribution in [0.25, 0.3) is 0 Å². The third-order valence-corrected chi connectivity index (χ3v) is 6.60. The van der Waals surface area contributed by atoms with Crippen LogP contribution < -0.4 is 0 Å². The molecule has 0 unspecified atom stereocenters. The summed E-state index contributed by atoms with van der Waals surface area (Å²) in [5.41, 5.74) is 0. The maximum absolute atomic E-state index is 12.5. The molecule has 5 heteroatoms. The van der Waals surface area contributed by atoms with Crippen LogP contribution in [-0.4, -0.2) is 54.1 Å². The van der Waals surface area contributed by atoms with E-state index in [0.29, 0.717) is 23.9 Å². The van der Waals surface area contributed by atoms with Crippen LogP contribution in [0.5, 0.6) is 0 Å². The average Bonchev–Trinajstić information content (AvgIpc) is 3.22. The predicted octanol–water partition coefficient (Wildman–Crippen LogP) is 2.74. The number of fused-ring (bicyclic) bond motifs is 1. The van der Waals surface area contributed by atoms with E-state index in [1.54, 1.807) is 0 Å². The molecule has 3 aliphatic heterocycles. The number of hydrogen-bond acceptors (Lipinski definition) is 4. The van der Waals surface area contributed by atoms with E-state index in [0.717, 1.165) is 65.0 Å². The highest BCUT2D eigenvalue weighted by molar-refractivity contribution is 7.09. The molecular weight excluding hydrogens is 308 g/mol. The number of carbonyl (C=O) groups is 1. The molecular formula is C18H26N2O2S. The second-order valence-electron chi connectivity index (χ2n) is 7.11. The smallest absolute Gasteiger partial charge is 0.222 e. The predicted molar refractivity (Wildman–Crippen MR) is 91.4 cm³/mol. The Balaban J connectivity index is 1.42. The van der Waals surface area contributed by atoms with Crippen molar-refractivity contribution < 1.29 is 9.53 Å². The molecule has 1 aromatic rings. The Hall–Kier alpha value is -0.910. The Bertz CT molecular complexity index is 527. The zero-order valence-electron chi connectivity index (χ0n) is 13.7. The Labute approximate surface area is 142 Å². The minimum atomic E-state index is 0.385. The van der Waals surface area contributed by atoms with Gasteiger partial charge in [-0.25, -0.2) is 0 Å². The summed E-state index contributed by atoms with van der Waals surface area (Å²) in [6, 6.07) is 5.37. The number of ether oxygens (including phenoxy) is 1. The minimum Gasteiger partial charge on any atom is -0.381 e. The van der Waals surface area contributed by atoms with Crippen molar-refractivity contribution in [2.75, 3.05) is 26.3 Å². The summed E-state index contributed by atoms with van der Waals surface area (Å²) >= 11 is 1.84. The van der Waals surface area contributed by atoms with Gasteiger partial charge in [0.05, 0.1) is 0 Å². The first kappa shape index (κ1) is 15.6. The van der Waals surface area contributed by atoms with Crippen molar-refractivity contribution >= 4 is 17.2 Å². The molecule has 126 valence electrons. The summed E-state index contributed by atoms with van der Waals surface area (Å²) in [5.74, 6) is 1.02. The largest absolute Gasteiger partial charge is 0.381 e. The molecule has 0 N–H and O–H groups in total. The third kappa shape index (κ3) is 3.32. The van der Waals surface area contributed by atoms with Crippen LogP contribution in [0.4, 0.5) is 0 Å². The molecule has 23 heavy (non-hydrogen) atoms. The fourth-order valence-electron chi connectivity index (χ4n) is 4.48. The van der Waals surface area contributed by atoms with Gasteiger partial charge in [-0.2, -0.15) is 0 Å². The lowest BCUT2D eigenvalue weighted by molar-refractivity contribution is -0.139. The standard InChI is InChI=1S/C18H26N2O2S/c21-18-4-3-16-17(20(18)12-14-6-9-22-10-7-14)5-8-19(16)13-15-2-1-11-23-15/h1-2,11,14,16-17H,3-10,12-13H2/t16-,17-/m0/s1. The molecule has 3 saturated heterocycles. The monoisotopic (exact) mass is 334 g/mol. The van der Waals surface area contributed by atoms with Crippen LogP contribution in [0.1, 0.15) is 37.0 Å². The number of thiophene rings is 1. The summed E-state index contributed by atoms with van der Waals surface area (Å²) < 4.78 is 5.47. The SMILES string of the molecule is O=C1CC[C@H]2[C@H](CCN2Cc2cccs2)N1CC1CCOCC1. The fraction of sp³-hybridized carbons (Fsp3) is 0.722. The van der Waals surface area contributed by atoms with E-state index in [-0.39, 0.29) is 0 Å². The van der Waals surface area contributed by atoms with Gasteiger partial charge in [-0.1, -0.05) is 6.07 Å². The molecule has 2 atom stereocenters. The number of likely N-dealkylation sites (tertiary alicyclic amines) is 2. The highest BCUT2D eigenvalue weighted by atomic mass is 32.1. The molecule has 3 aliphatic rings. The van der Waals surface area contributed by atoms with Crippen molar-refractivity contribution in [3.63, 3.8) is 0 Å². The average molecular weight is 334 g/mol. The lowest BCUT2D eigenvalue weighted by Gasteiger charge is -2.42. The van der Waals surface area contributed by atoms with Crippen LogP contribution in [0.3, 0.4) is 0 Å². The van der Waals surface area contributed by atoms with Gasteiger partial charge in [-0.05, 0) is 43.0 Å². The zero-order chi connectivity index (χ0) is 15.6. The van der Waals surface area contributed by atoms with Crippen LogP contribution in [0, 0.1) is 5.92 Å². The first-order valence-electron chi connectivity index (χ1n) is 8.95. The number of hydrogen-bond donors (Lipinski definition) is 0. The maximum Gasteiger partial charge on any atom is 0.222 e. The van der Waals surface area contributed by atoms with Gasteiger partial charge in [0, 0.05) is 56.2 Å². The Morgan fingerprint density at radius 1 is 1.17 bits per heavy atom. The summed E-state index contributed by atoms with van der Waals surface area (Å²) in [7, 11) is 0. The lowest BCUT2D eigenvalue weighted by atomic mass is 9.92. The lowest BCUT2D eigenvalue weighted by Crippen LogP contribution is -2.53. The summed E-state index contributed by atoms with van der Waals surface area (Å²) in [4.78, 5) is 18.8. The van der Waals surface area contributed by atoms with Gasteiger partial charge in [-0.3, -0.25) is 9.69 Å². The van der Waals surface area contributed by atoms with Crippen molar-refractivity contribution in [1.82, 2.24) is 9.80 Å². The highest BCUT2D eigenvalue weighted by Gasteiger charge is 2.43. The van der Waals surface area contributed by atoms with Gasteiger partial charge < -0.3 is 9.64 Å². The molecule has 0 radical (unpaired) electrons. The molecule has 1 amide bonds. The van der Waals surface area contributed by atoms with Crippen molar-refractivity contribution in [3.8, 4) is 0 Å². The van der Waals surface area contributed by atoms with Gasteiger partial charge in [0.15, 0.2) is 0 Å². The van der Waals surface area contributed by atoms with E-state index in [4.69, 9.17) is 4.74 Å². The summed E-state index contributed by atoms with van der Waals surface area (Å²) in [6.07, 6.45) is 5.13. The van der Waals surface area contributed by atoms with Gasteiger partial charge >= 0.3 is 0 Å². The second-order valence-corrected chi connectivity index (χ2v) is 8.15. The number of piperidine rings is 1. The Kier molecular flexibility index (Phi) is 4.69. The number of amides is 1. The molecule has 0 saturated carbocycles. The molecule has 0 aromatic carbocycles. The van der Waals surface area contributed by atoms with Gasteiger partial charge in [0.25, 0.3) is 0 Å². The van der Waals surface area contributed by atoms with E-state index in [1.807, 2.05) is 11.3 Å². The Morgan fingerprint density at radius 3 is 2.83 bits per heavy atom. The Morgan fingerprint density at radius 2 is 2.04 bits per heavy atom. The second kappa shape index (κ2) is 6.91. The number of rotatable bonds is 4. The quantitative estimate of drug-likeness (QED) is 0.849. The number of nitrogens with zero attached hydrogens (tertiary/aromatic N) is 2. The van der Waals surface area contributed by atoms with Crippen molar-refractivity contribution in [2.45, 2.75) is 50.7 Å². The maximum atomic E-state index is 12.5. The van der Waals surface area contributed by atoms with Crippen LogP contribution in [0.2, 0.25) is 0 Å². The van der Waals surface area contributed by atoms with Gasteiger partial charge in [0.1, 0.15) is 0 Å². The minimum absolute atomic E-state index is 0.385. The van der Waals surface area contributed by atoms with E-state index >= 15 is 0 Å². The zero-order valence-corrected chi connectivity index (χ0v) is 14.5. The molecule has 0 aliphatic carbocycles. The van der Waals surface area contributed by atoms with Gasteiger partial charge in [-0.15, -0.1) is 11.3 Å². The van der Waals surface area contributed by atoms with E-state index < -0.39 is 0 Å². The molecule has 0 spiro atoms. The van der Waals surface area contributed by atoms with Gasteiger partial charge in [0.2, 0.25) is 5.91 Å². The highest BCUT2D eigenvalue weighted by Crippen LogP contribution is 2.34. The van der Waals surface area contributed by atoms with Crippen LogP contribution in [0.15, 0.2) is 17.5 Å². The molecule has 4 nitrogen and oxygen atoms in total. The molecule has 3 fully saturated rings. The van der Waals surface area contributed by atoms with Crippen LogP contribution >= 0.6 is 11.3 Å². The van der Waals surface area contributed by atoms with E-state index in [2.05, 4.69) is 27.3 Å². The van der Waals surface area contributed by atoms with Crippen LogP contribution in [-0.2, 0) is 16.1 Å².